The van der Waals surface area contributed by atoms with Gasteiger partial charge in [0.25, 0.3) is 0 Å². The number of pyridine rings is 1. The Balaban J connectivity index is 1.62. The molecule has 0 radical (unpaired) electrons. The first-order valence-electron chi connectivity index (χ1n) is 13.0. The maximum absolute atomic E-state index is 14.1. The zero-order valence-corrected chi connectivity index (χ0v) is 23.9. The second-order valence-corrected chi connectivity index (χ2v) is 10.4. The average Bonchev–Trinajstić information content (AvgIpc) is 3.35. The summed E-state index contributed by atoms with van der Waals surface area (Å²) < 4.78 is 68.9. The summed E-state index contributed by atoms with van der Waals surface area (Å²) in [5.74, 6) is 0.0369. The molecule has 13 heteroatoms. The van der Waals surface area contributed by atoms with Crippen molar-refractivity contribution in [1.82, 2.24) is 14.8 Å². The molecule has 0 spiro atoms. The van der Waals surface area contributed by atoms with Gasteiger partial charge in [0.2, 0.25) is 5.75 Å². The van der Waals surface area contributed by atoms with Crippen LogP contribution in [0.5, 0.6) is 17.2 Å². The van der Waals surface area contributed by atoms with Crippen LogP contribution in [0.25, 0.3) is 5.70 Å². The second kappa shape index (κ2) is 12.0. The predicted octanol–water partition coefficient (Wildman–Crippen LogP) is 8.25. The molecule has 9 nitrogen and oxygen atoms in total. The van der Waals surface area contributed by atoms with Crippen LogP contribution in [0.15, 0.2) is 79.4 Å². The zero-order chi connectivity index (χ0) is 31.5. The molecule has 226 valence electrons. The Kier molecular flexibility index (Phi) is 8.65. The van der Waals surface area contributed by atoms with Crippen LogP contribution in [0.3, 0.4) is 0 Å². The van der Waals surface area contributed by atoms with Crippen molar-refractivity contribution in [2.45, 2.75) is 39.3 Å². The number of alkyl halides is 3. The number of carbonyl (C=O) groups is 1. The number of halogens is 4. The molecule has 0 unspecified atom stereocenters. The van der Waals surface area contributed by atoms with E-state index in [4.69, 9.17) is 9.47 Å². The number of nitrogens with zero attached hydrogens (tertiary/aromatic N) is 3. The van der Waals surface area contributed by atoms with Crippen LogP contribution in [0, 0.1) is 0 Å². The highest BCUT2D eigenvalue weighted by Gasteiger charge is 2.35. The zero-order valence-electron chi connectivity index (χ0n) is 23.9. The third kappa shape index (κ3) is 7.23. The molecule has 1 aliphatic heterocycles. The number of ether oxygens (including phenoxy) is 2. The Morgan fingerprint density at radius 3 is 2.58 bits per heavy atom. The first-order chi connectivity index (χ1) is 20.2. The summed E-state index contributed by atoms with van der Waals surface area (Å²) in [6.07, 6.45) is 0.285. The largest absolute Gasteiger partial charge is 0.480 e. The number of amides is 2. The molecule has 0 fully saturated rings. The van der Waals surface area contributed by atoms with Crippen LogP contribution < -0.4 is 25.4 Å². The Bertz CT molecular complexity index is 1630. The number of fused-ring (bicyclic) bond motifs is 1. The lowest BCUT2D eigenvalue weighted by Gasteiger charge is -2.22. The number of rotatable bonds is 7. The van der Waals surface area contributed by atoms with Gasteiger partial charge in [-0.15, -0.1) is 0 Å². The number of carbonyl (C=O) groups excluding carboxylic acids is 1. The smallest absolute Gasteiger partial charge is 0.418 e. The standard InChI is InChI=1S/C30H30F4N6O3/c1-7-18(31)13-19(8-2)40-25(15-24(39-40)29(4,5)6)38-28(41)37-22-10-9-20(14-21(22)30(32,33)34)43-23-11-12-35-27-26(23)42-16-17(3)36-27/h7-15H,2-3,16H2,1,4-6H3,(H,35,36)(H2,37,38,41)/b18-7+,19-13+. The van der Waals surface area contributed by atoms with Gasteiger partial charge in [-0.25, -0.2) is 18.9 Å². The van der Waals surface area contributed by atoms with Crippen molar-refractivity contribution in [3.8, 4) is 17.2 Å². The van der Waals surface area contributed by atoms with Gasteiger partial charge in [0, 0.05) is 29.4 Å². The molecular formula is C30H30F4N6O3. The molecule has 3 aromatic rings. The summed E-state index contributed by atoms with van der Waals surface area (Å²) in [5, 5.41) is 12.1. The molecule has 2 amide bonds. The van der Waals surface area contributed by atoms with E-state index in [1.165, 1.54) is 42.1 Å². The average molecular weight is 599 g/mol. The molecule has 1 aliphatic rings. The normalized spacial score (nSPS) is 13.9. The lowest BCUT2D eigenvalue weighted by molar-refractivity contribution is -0.137. The molecule has 43 heavy (non-hydrogen) atoms. The van der Waals surface area contributed by atoms with Gasteiger partial charge >= 0.3 is 12.2 Å². The molecule has 0 bridgehead atoms. The van der Waals surface area contributed by atoms with Gasteiger partial charge in [-0.3, -0.25) is 5.32 Å². The lowest BCUT2D eigenvalue weighted by Crippen LogP contribution is -2.23. The molecule has 0 atom stereocenters. The van der Waals surface area contributed by atoms with Crippen molar-refractivity contribution >= 4 is 29.1 Å². The van der Waals surface area contributed by atoms with E-state index in [0.717, 1.165) is 18.2 Å². The van der Waals surface area contributed by atoms with Crippen molar-refractivity contribution in [2.24, 2.45) is 0 Å². The van der Waals surface area contributed by atoms with Crippen molar-refractivity contribution in [3.63, 3.8) is 0 Å². The number of anilines is 3. The predicted molar refractivity (Wildman–Crippen MR) is 157 cm³/mol. The first kappa shape index (κ1) is 30.9. The third-order valence-electron chi connectivity index (χ3n) is 6.06. The summed E-state index contributed by atoms with van der Waals surface area (Å²) in [6, 6.07) is 5.11. The number of aromatic nitrogens is 3. The van der Waals surface area contributed by atoms with E-state index in [9.17, 15) is 22.4 Å². The number of allylic oxidation sites excluding steroid dienone is 5. The van der Waals surface area contributed by atoms with E-state index in [1.54, 1.807) is 6.07 Å². The highest BCUT2D eigenvalue weighted by Crippen LogP contribution is 2.42. The number of nitrogens with one attached hydrogen (secondary N) is 3. The SMILES string of the molecule is C=C/C(=C\C(F)=C/C)n1nc(C(C)(C)C)cc1NC(=O)Nc1ccc(Oc2ccnc3c2OCC(=C)N3)cc1C(F)(F)F. The summed E-state index contributed by atoms with van der Waals surface area (Å²) in [7, 11) is 0. The van der Waals surface area contributed by atoms with E-state index >= 15 is 0 Å². The Labute approximate surface area is 245 Å². The van der Waals surface area contributed by atoms with Crippen LogP contribution in [-0.2, 0) is 11.6 Å². The minimum absolute atomic E-state index is 0.0877. The molecule has 1 aromatic carbocycles. The van der Waals surface area contributed by atoms with Crippen molar-refractivity contribution in [2.75, 3.05) is 22.6 Å². The molecule has 0 saturated carbocycles. The first-order valence-corrected chi connectivity index (χ1v) is 13.0. The van der Waals surface area contributed by atoms with Crippen LogP contribution in [0.1, 0.15) is 39.0 Å². The quantitative estimate of drug-likeness (QED) is 0.187. The van der Waals surface area contributed by atoms with E-state index in [0.29, 0.717) is 17.2 Å². The summed E-state index contributed by atoms with van der Waals surface area (Å²) in [4.78, 5) is 17.1. The van der Waals surface area contributed by atoms with E-state index < -0.39 is 34.7 Å². The lowest BCUT2D eigenvalue weighted by atomic mass is 9.92. The minimum atomic E-state index is -4.85. The molecule has 0 saturated heterocycles. The van der Waals surface area contributed by atoms with E-state index in [-0.39, 0.29) is 35.4 Å². The van der Waals surface area contributed by atoms with E-state index in [2.05, 4.69) is 39.2 Å². The van der Waals surface area contributed by atoms with Crippen molar-refractivity contribution in [1.29, 1.82) is 0 Å². The Morgan fingerprint density at radius 1 is 1.19 bits per heavy atom. The monoisotopic (exact) mass is 598 g/mol. The van der Waals surface area contributed by atoms with Crippen LogP contribution in [0.2, 0.25) is 0 Å². The van der Waals surface area contributed by atoms with Gasteiger partial charge in [-0.05, 0) is 37.3 Å². The fourth-order valence-electron chi connectivity index (χ4n) is 3.89. The van der Waals surface area contributed by atoms with Gasteiger partial charge in [0.05, 0.1) is 22.6 Å². The minimum Gasteiger partial charge on any atom is -0.480 e. The summed E-state index contributed by atoms with van der Waals surface area (Å²) in [5.41, 5.74) is -0.849. The number of benzene rings is 1. The maximum atomic E-state index is 14.1. The molecule has 0 aliphatic carbocycles. The summed E-state index contributed by atoms with van der Waals surface area (Å²) in [6.45, 7) is 14.7. The molecular weight excluding hydrogens is 568 g/mol. The number of hydrogen-bond donors (Lipinski definition) is 3. The Hall–Kier alpha value is -5.07. The van der Waals surface area contributed by atoms with Crippen LogP contribution in [0.4, 0.5) is 39.7 Å². The Morgan fingerprint density at radius 2 is 1.93 bits per heavy atom. The fraction of sp³-hybridized carbons (Fsp3) is 0.233. The fourth-order valence-corrected chi connectivity index (χ4v) is 3.89. The van der Waals surface area contributed by atoms with Gasteiger partial charge in [-0.1, -0.05) is 40.0 Å². The van der Waals surface area contributed by atoms with Crippen LogP contribution >= 0.6 is 0 Å². The van der Waals surface area contributed by atoms with Crippen LogP contribution in [-0.4, -0.2) is 27.4 Å². The maximum Gasteiger partial charge on any atom is 0.418 e. The highest BCUT2D eigenvalue weighted by atomic mass is 19.4. The molecule has 4 rings (SSSR count). The molecule has 2 aromatic heterocycles. The second-order valence-electron chi connectivity index (χ2n) is 10.4. The number of urea groups is 1. The summed E-state index contributed by atoms with van der Waals surface area (Å²) >= 11 is 0. The van der Waals surface area contributed by atoms with Gasteiger partial charge in [0.1, 0.15) is 24.0 Å². The van der Waals surface area contributed by atoms with Crippen molar-refractivity contribution in [3.05, 3.63) is 90.7 Å². The van der Waals surface area contributed by atoms with Gasteiger partial charge < -0.3 is 20.1 Å². The topological polar surface area (TPSA) is 102 Å². The van der Waals surface area contributed by atoms with Gasteiger partial charge in [0.15, 0.2) is 11.6 Å². The van der Waals surface area contributed by atoms with Gasteiger partial charge in [-0.2, -0.15) is 18.3 Å². The molecule has 3 N–H and O–H groups in total. The number of hydrogen-bond acceptors (Lipinski definition) is 6. The van der Waals surface area contributed by atoms with E-state index in [1.807, 2.05) is 20.8 Å². The highest BCUT2D eigenvalue weighted by molar-refractivity contribution is 6.00. The third-order valence-corrected chi connectivity index (χ3v) is 6.06. The molecule has 3 heterocycles. The van der Waals surface area contributed by atoms with Crippen molar-refractivity contribution < 1.29 is 31.8 Å².